The lowest BCUT2D eigenvalue weighted by Crippen LogP contribution is -1.98. The van der Waals surface area contributed by atoms with Crippen LogP contribution in [0, 0.1) is 6.92 Å². The molecule has 0 saturated heterocycles. The molecule has 0 aliphatic carbocycles. The van der Waals surface area contributed by atoms with Crippen LogP contribution in [0.25, 0.3) is 11.1 Å². The first-order chi connectivity index (χ1) is 8.25. The number of aryl methyl sites for hydroxylation is 2. The van der Waals surface area contributed by atoms with E-state index in [0.29, 0.717) is 0 Å². The Balaban J connectivity index is 0.000000280. The summed E-state index contributed by atoms with van der Waals surface area (Å²) in [4.78, 5) is 8.23. The number of alkyl halides is 2. The molecule has 0 N–H and O–H groups in total. The van der Waals surface area contributed by atoms with Gasteiger partial charge < -0.3 is 0 Å². The minimum atomic E-state index is -2.50. The zero-order valence-electron chi connectivity index (χ0n) is 10.9. The summed E-state index contributed by atoms with van der Waals surface area (Å²) in [6.45, 7) is 3.58. The SMILES string of the molecule is CC(C)(F)F.Cc1ncc(-c2cnn(C)c2)cn1. The largest absolute Gasteiger partial charge is 0.275 e. The maximum absolute atomic E-state index is 11.0. The highest BCUT2D eigenvalue weighted by Gasteiger charge is 2.08. The topological polar surface area (TPSA) is 43.6 Å². The molecule has 0 fully saturated rings. The van der Waals surface area contributed by atoms with Gasteiger partial charge in [-0.15, -0.1) is 0 Å². The fourth-order valence-electron chi connectivity index (χ4n) is 1.11. The minimum absolute atomic E-state index is 0.785. The lowest BCUT2D eigenvalue weighted by Gasteiger charge is -1.95. The molecule has 2 aromatic rings. The predicted octanol–water partition coefficient (Wildman–Crippen LogP) is 2.85. The first-order valence-corrected chi connectivity index (χ1v) is 5.41. The van der Waals surface area contributed by atoms with Crippen LogP contribution >= 0.6 is 0 Å². The second kappa shape index (κ2) is 5.66. The maximum Gasteiger partial charge on any atom is 0.242 e. The Labute approximate surface area is 105 Å². The van der Waals surface area contributed by atoms with Gasteiger partial charge in [-0.3, -0.25) is 4.68 Å². The van der Waals surface area contributed by atoms with Crippen molar-refractivity contribution in [2.75, 3.05) is 0 Å². The van der Waals surface area contributed by atoms with Crippen LogP contribution in [0.3, 0.4) is 0 Å². The van der Waals surface area contributed by atoms with Crippen LogP contribution < -0.4 is 0 Å². The molecule has 2 rings (SSSR count). The Morgan fingerprint density at radius 2 is 1.56 bits per heavy atom. The van der Waals surface area contributed by atoms with Gasteiger partial charge in [0.05, 0.1) is 6.20 Å². The zero-order chi connectivity index (χ0) is 13.8. The second-order valence-electron chi connectivity index (χ2n) is 4.25. The second-order valence-corrected chi connectivity index (χ2v) is 4.25. The molecule has 0 aliphatic rings. The van der Waals surface area contributed by atoms with Crippen LogP contribution in [0.1, 0.15) is 19.7 Å². The van der Waals surface area contributed by atoms with Crippen LogP contribution in [-0.2, 0) is 7.05 Å². The molecule has 0 aromatic carbocycles. The fraction of sp³-hybridized carbons (Fsp3) is 0.417. The fourth-order valence-corrected chi connectivity index (χ4v) is 1.11. The first-order valence-electron chi connectivity index (χ1n) is 5.41. The van der Waals surface area contributed by atoms with Crippen molar-refractivity contribution in [1.82, 2.24) is 19.7 Å². The van der Waals surface area contributed by atoms with Gasteiger partial charge >= 0.3 is 0 Å². The molecule has 0 spiro atoms. The minimum Gasteiger partial charge on any atom is -0.275 e. The van der Waals surface area contributed by atoms with Crippen molar-refractivity contribution in [3.8, 4) is 11.1 Å². The van der Waals surface area contributed by atoms with Crippen LogP contribution in [0.5, 0.6) is 0 Å². The van der Waals surface area contributed by atoms with Crippen LogP contribution in [0.4, 0.5) is 8.78 Å². The number of rotatable bonds is 1. The average molecular weight is 254 g/mol. The van der Waals surface area contributed by atoms with Crippen LogP contribution in [0.2, 0.25) is 0 Å². The van der Waals surface area contributed by atoms with Gasteiger partial charge in [-0.25, -0.2) is 18.7 Å². The summed E-state index contributed by atoms with van der Waals surface area (Å²) < 4.78 is 23.8. The molecule has 18 heavy (non-hydrogen) atoms. The Bertz CT molecular complexity index is 480. The summed E-state index contributed by atoms with van der Waals surface area (Å²) in [5.74, 6) is -1.72. The number of halogens is 2. The van der Waals surface area contributed by atoms with E-state index < -0.39 is 5.92 Å². The molecule has 6 heteroatoms. The van der Waals surface area contributed by atoms with Crippen molar-refractivity contribution in [2.45, 2.75) is 26.7 Å². The van der Waals surface area contributed by atoms with E-state index in [-0.39, 0.29) is 0 Å². The van der Waals surface area contributed by atoms with Crippen molar-refractivity contribution in [3.63, 3.8) is 0 Å². The Morgan fingerprint density at radius 1 is 1.06 bits per heavy atom. The molecule has 0 bridgehead atoms. The van der Waals surface area contributed by atoms with Gasteiger partial charge in [0.25, 0.3) is 0 Å². The standard InChI is InChI=1S/C9H10N4.C3H6F2/c1-7-10-3-8(4-11-7)9-5-12-13(2)6-9;1-3(2,4)5/h3-6H,1-2H3;1-2H3. The van der Waals surface area contributed by atoms with Gasteiger partial charge in [-0.05, 0) is 20.8 Å². The van der Waals surface area contributed by atoms with E-state index in [0.717, 1.165) is 30.8 Å². The molecule has 0 aliphatic heterocycles. The molecule has 0 atom stereocenters. The van der Waals surface area contributed by atoms with Crippen molar-refractivity contribution >= 4 is 0 Å². The summed E-state index contributed by atoms with van der Waals surface area (Å²) in [5.41, 5.74) is 2.04. The number of hydrogen-bond donors (Lipinski definition) is 0. The highest BCUT2D eigenvalue weighted by atomic mass is 19.3. The molecule has 2 aromatic heterocycles. The van der Waals surface area contributed by atoms with Gasteiger partial charge in [-0.1, -0.05) is 0 Å². The molecule has 98 valence electrons. The van der Waals surface area contributed by atoms with Crippen molar-refractivity contribution in [1.29, 1.82) is 0 Å². The first kappa shape index (κ1) is 14.2. The summed E-state index contributed by atoms with van der Waals surface area (Å²) >= 11 is 0. The number of nitrogens with zero attached hydrogens (tertiary/aromatic N) is 4. The third kappa shape index (κ3) is 5.47. The Kier molecular flexibility index (Phi) is 4.47. The smallest absolute Gasteiger partial charge is 0.242 e. The summed E-state index contributed by atoms with van der Waals surface area (Å²) in [5, 5.41) is 4.08. The molecule has 0 unspecified atom stereocenters. The maximum atomic E-state index is 11.0. The Morgan fingerprint density at radius 3 is 1.94 bits per heavy atom. The third-order valence-corrected chi connectivity index (χ3v) is 1.82. The molecule has 0 amide bonds. The molecule has 0 radical (unpaired) electrons. The van der Waals surface area contributed by atoms with E-state index in [1.54, 1.807) is 23.3 Å². The molecular weight excluding hydrogens is 238 g/mol. The van der Waals surface area contributed by atoms with E-state index in [4.69, 9.17) is 0 Å². The monoisotopic (exact) mass is 254 g/mol. The summed E-state index contributed by atoms with van der Waals surface area (Å²) in [6, 6.07) is 0. The Hall–Kier alpha value is -1.85. The highest BCUT2D eigenvalue weighted by Crippen LogP contribution is 2.15. The van der Waals surface area contributed by atoms with Crippen LogP contribution in [0.15, 0.2) is 24.8 Å². The van der Waals surface area contributed by atoms with E-state index in [9.17, 15) is 8.78 Å². The van der Waals surface area contributed by atoms with Crippen LogP contribution in [-0.4, -0.2) is 25.7 Å². The van der Waals surface area contributed by atoms with E-state index >= 15 is 0 Å². The number of aromatic nitrogens is 4. The summed E-state index contributed by atoms with van der Waals surface area (Å²) in [7, 11) is 1.89. The van der Waals surface area contributed by atoms with Gasteiger partial charge in [0, 0.05) is 36.8 Å². The van der Waals surface area contributed by atoms with Crippen molar-refractivity contribution in [2.24, 2.45) is 7.05 Å². The van der Waals surface area contributed by atoms with E-state index in [1.165, 1.54) is 0 Å². The predicted molar refractivity (Wildman–Crippen MR) is 65.3 cm³/mol. The van der Waals surface area contributed by atoms with Crippen molar-refractivity contribution < 1.29 is 8.78 Å². The van der Waals surface area contributed by atoms with Gasteiger partial charge in [0.15, 0.2) is 0 Å². The lowest BCUT2D eigenvalue weighted by molar-refractivity contribution is 0.0437. The molecule has 2 heterocycles. The zero-order valence-corrected chi connectivity index (χ0v) is 10.9. The van der Waals surface area contributed by atoms with Gasteiger partial charge in [0.1, 0.15) is 5.82 Å². The number of hydrogen-bond acceptors (Lipinski definition) is 3. The molecule has 0 saturated carbocycles. The van der Waals surface area contributed by atoms with Gasteiger partial charge in [0.2, 0.25) is 5.92 Å². The van der Waals surface area contributed by atoms with Crippen molar-refractivity contribution in [3.05, 3.63) is 30.6 Å². The average Bonchev–Trinajstić information content (AvgIpc) is 2.63. The lowest BCUT2D eigenvalue weighted by atomic mass is 10.2. The van der Waals surface area contributed by atoms with E-state index in [2.05, 4.69) is 15.1 Å². The third-order valence-electron chi connectivity index (χ3n) is 1.82. The van der Waals surface area contributed by atoms with Gasteiger partial charge in [-0.2, -0.15) is 5.10 Å². The normalized spacial score (nSPS) is 10.8. The quantitative estimate of drug-likeness (QED) is 0.786. The molecule has 4 nitrogen and oxygen atoms in total. The highest BCUT2D eigenvalue weighted by molar-refractivity contribution is 5.59. The summed E-state index contributed by atoms with van der Waals surface area (Å²) in [6.07, 6.45) is 7.35. The van der Waals surface area contributed by atoms with E-state index in [1.807, 2.05) is 20.2 Å². The molecular formula is C12H16F2N4.